The molecule has 0 aliphatic carbocycles. The number of carboxylic acids is 1. The standard InChI is InChI=1S/C18H23NO6/c1-10(2)9-13(19-17(21)15-16(25-15)18(22)23)14(24-11(3)20)12-7-5-4-6-8-12/h4-8,10,13-16H,9H2,1-3H3,(H,19,21)(H,22,23)/t13-,14+,15-,16-/m0/s1. The van der Waals surface area contributed by atoms with Crippen molar-refractivity contribution in [2.24, 2.45) is 5.92 Å². The van der Waals surface area contributed by atoms with E-state index in [1.165, 1.54) is 6.92 Å². The molecular weight excluding hydrogens is 326 g/mol. The van der Waals surface area contributed by atoms with Crippen LogP contribution < -0.4 is 5.32 Å². The molecule has 1 heterocycles. The Morgan fingerprint density at radius 3 is 2.32 bits per heavy atom. The minimum Gasteiger partial charge on any atom is -0.479 e. The molecule has 1 aromatic carbocycles. The van der Waals surface area contributed by atoms with Crippen molar-refractivity contribution in [1.82, 2.24) is 5.32 Å². The van der Waals surface area contributed by atoms with Crippen LogP contribution in [-0.2, 0) is 23.9 Å². The smallest absolute Gasteiger partial charge is 0.336 e. The van der Waals surface area contributed by atoms with E-state index >= 15 is 0 Å². The summed E-state index contributed by atoms with van der Waals surface area (Å²) >= 11 is 0. The fourth-order valence-corrected chi connectivity index (χ4v) is 2.73. The summed E-state index contributed by atoms with van der Waals surface area (Å²) < 4.78 is 10.4. The molecule has 1 saturated heterocycles. The van der Waals surface area contributed by atoms with Gasteiger partial charge in [-0.2, -0.15) is 0 Å². The molecule has 0 radical (unpaired) electrons. The molecule has 0 unspecified atom stereocenters. The number of epoxide rings is 1. The van der Waals surface area contributed by atoms with Gasteiger partial charge >= 0.3 is 11.9 Å². The lowest BCUT2D eigenvalue weighted by molar-refractivity contribution is -0.149. The molecule has 0 saturated carbocycles. The quantitative estimate of drug-likeness (QED) is 0.546. The van der Waals surface area contributed by atoms with E-state index in [1.807, 2.05) is 44.2 Å². The summed E-state index contributed by atoms with van der Waals surface area (Å²) in [5.74, 6) is -1.91. The molecule has 25 heavy (non-hydrogen) atoms. The summed E-state index contributed by atoms with van der Waals surface area (Å²) in [6, 6.07) is 8.65. The van der Waals surface area contributed by atoms with Crippen molar-refractivity contribution in [3.05, 3.63) is 35.9 Å². The Bertz CT molecular complexity index is 630. The highest BCUT2D eigenvalue weighted by molar-refractivity contribution is 5.92. The molecule has 2 rings (SSSR count). The molecule has 0 bridgehead atoms. The Morgan fingerprint density at radius 2 is 1.84 bits per heavy atom. The Hall–Kier alpha value is -2.41. The van der Waals surface area contributed by atoms with Crippen molar-refractivity contribution in [3.63, 3.8) is 0 Å². The Labute approximate surface area is 146 Å². The number of aliphatic carboxylic acids is 1. The molecule has 136 valence electrons. The maximum absolute atomic E-state index is 12.3. The van der Waals surface area contributed by atoms with E-state index in [-0.39, 0.29) is 5.92 Å². The molecule has 1 aromatic rings. The topological polar surface area (TPSA) is 105 Å². The monoisotopic (exact) mass is 349 g/mol. The molecule has 1 aliphatic rings. The highest BCUT2D eigenvalue weighted by Gasteiger charge is 2.51. The lowest BCUT2D eigenvalue weighted by atomic mass is 9.94. The fraction of sp³-hybridized carbons (Fsp3) is 0.500. The van der Waals surface area contributed by atoms with Gasteiger partial charge in [-0.1, -0.05) is 44.2 Å². The van der Waals surface area contributed by atoms with Crippen LogP contribution >= 0.6 is 0 Å². The molecule has 0 spiro atoms. The summed E-state index contributed by atoms with van der Waals surface area (Å²) in [5.41, 5.74) is 0.759. The summed E-state index contributed by atoms with van der Waals surface area (Å²) in [6.45, 7) is 5.29. The van der Waals surface area contributed by atoms with Gasteiger partial charge in [-0.15, -0.1) is 0 Å². The maximum atomic E-state index is 12.3. The number of hydrogen-bond donors (Lipinski definition) is 2. The van der Waals surface area contributed by atoms with Gasteiger partial charge in [-0.25, -0.2) is 4.79 Å². The van der Waals surface area contributed by atoms with Crippen molar-refractivity contribution in [3.8, 4) is 0 Å². The number of hydrogen-bond acceptors (Lipinski definition) is 5. The number of carboxylic acid groups (broad SMARTS) is 1. The fourth-order valence-electron chi connectivity index (χ4n) is 2.73. The zero-order valence-electron chi connectivity index (χ0n) is 14.5. The summed E-state index contributed by atoms with van der Waals surface area (Å²) in [5, 5.41) is 11.7. The van der Waals surface area contributed by atoms with Crippen LogP contribution in [0.25, 0.3) is 0 Å². The zero-order valence-corrected chi connectivity index (χ0v) is 14.5. The van der Waals surface area contributed by atoms with Crippen LogP contribution in [0.5, 0.6) is 0 Å². The minimum absolute atomic E-state index is 0.225. The SMILES string of the molecule is CC(=O)O[C@H](c1ccccc1)[C@H](CC(C)C)NC(=O)[C@H]1O[C@@H]1C(=O)O. The summed E-state index contributed by atoms with van der Waals surface area (Å²) in [6.07, 6.45) is -2.21. The van der Waals surface area contributed by atoms with E-state index in [0.29, 0.717) is 6.42 Å². The first-order valence-electron chi connectivity index (χ1n) is 8.20. The van der Waals surface area contributed by atoms with Gasteiger partial charge < -0.3 is 19.9 Å². The van der Waals surface area contributed by atoms with Crippen LogP contribution in [0.1, 0.15) is 38.9 Å². The second-order valence-electron chi connectivity index (χ2n) is 6.50. The van der Waals surface area contributed by atoms with Gasteiger partial charge in [-0.05, 0) is 17.9 Å². The van der Waals surface area contributed by atoms with E-state index in [1.54, 1.807) is 0 Å². The van der Waals surface area contributed by atoms with Crippen LogP contribution in [0, 0.1) is 5.92 Å². The van der Waals surface area contributed by atoms with Gasteiger partial charge in [0.1, 0.15) is 6.10 Å². The average Bonchev–Trinajstić information content (AvgIpc) is 3.33. The van der Waals surface area contributed by atoms with Gasteiger partial charge in [0.05, 0.1) is 6.04 Å². The molecule has 7 heteroatoms. The minimum atomic E-state index is -1.17. The van der Waals surface area contributed by atoms with Gasteiger partial charge in [0.15, 0.2) is 12.2 Å². The Kier molecular flexibility index (Phi) is 6.14. The average molecular weight is 349 g/mol. The molecular formula is C18H23NO6. The highest BCUT2D eigenvalue weighted by Crippen LogP contribution is 2.28. The first-order valence-corrected chi connectivity index (χ1v) is 8.20. The van der Waals surface area contributed by atoms with Crippen molar-refractivity contribution in [2.45, 2.75) is 51.5 Å². The number of amides is 1. The van der Waals surface area contributed by atoms with E-state index in [4.69, 9.17) is 14.6 Å². The van der Waals surface area contributed by atoms with Crippen LogP contribution in [0.2, 0.25) is 0 Å². The van der Waals surface area contributed by atoms with Gasteiger partial charge in [-0.3, -0.25) is 9.59 Å². The summed E-state index contributed by atoms with van der Waals surface area (Å²) in [4.78, 5) is 34.7. The van der Waals surface area contributed by atoms with E-state index < -0.39 is 42.2 Å². The molecule has 2 N–H and O–H groups in total. The van der Waals surface area contributed by atoms with Crippen molar-refractivity contribution >= 4 is 17.8 Å². The zero-order chi connectivity index (χ0) is 18.6. The van der Waals surface area contributed by atoms with Crippen molar-refractivity contribution in [2.75, 3.05) is 0 Å². The number of ether oxygens (including phenoxy) is 2. The molecule has 1 aliphatic heterocycles. The number of esters is 1. The van der Waals surface area contributed by atoms with Crippen LogP contribution in [0.3, 0.4) is 0 Å². The number of carbonyl (C=O) groups excluding carboxylic acids is 2. The van der Waals surface area contributed by atoms with Crippen molar-refractivity contribution in [1.29, 1.82) is 0 Å². The van der Waals surface area contributed by atoms with E-state index in [2.05, 4.69) is 5.32 Å². The molecule has 1 fully saturated rings. The molecule has 7 nitrogen and oxygen atoms in total. The van der Waals surface area contributed by atoms with E-state index in [0.717, 1.165) is 5.56 Å². The third-order valence-corrected chi connectivity index (χ3v) is 3.83. The van der Waals surface area contributed by atoms with Crippen LogP contribution in [0.4, 0.5) is 0 Å². The predicted molar refractivity (Wildman–Crippen MR) is 88.6 cm³/mol. The number of carbonyl (C=O) groups is 3. The maximum Gasteiger partial charge on any atom is 0.336 e. The normalized spacial score (nSPS) is 21.3. The third kappa shape index (κ3) is 5.29. The lowest BCUT2D eigenvalue weighted by Gasteiger charge is -2.29. The number of nitrogens with one attached hydrogen (secondary N) is 1. The van der Waals surface area contributed by atoms with Crippen LogP contribution in [0.15, 0.2) is 30.3 Å². The van der Waals surface area contributed by atoms with Gasteiger partial charge in [0.25, 0.3) is 5.91 Å². The number of benzene rings is 1. The van der Waals surface area contributed by atoms with Crippen molar-refractivity contribution < 1.29 is 29.0 Å². The molecule has 1 amide bonds. The Morgan fingerprint density at radius 1 is 1.20 bits per heavy atom. The lowest BCUT2D eigenvalue weighted by Crippen LogP contribution is -2.44. The third-order valence-electron chi connectivity index (χ3n) is 3.83. The molecule has 4 atom stereocenters. The summed E-state index contributed by atoms with van der Waals surface area (Å²) in [7, 11) is 0. The Balaban J connectivity index is 2.18. The number of rotatable bonds is 8. The first-order chi connectivity index (χ1) is 11.8. The molecule has 0 aromatic heterocycles. The van der Waals surface area contributed by atoms with Gasteiger partial charge in [0.2, 0.25) is 0 Å². The largest absolute Gasteiger partial charge is 0.479 e. The predicted octanol–water partition coefficient (Wildman–Crippen LogP) is 1.67. The van der Waals surface area contributed by atoms with E-state index in [9.17, 15) is 14.4 Å². The second kappa shape index (κ2) is 8.11. The first kappa shape index (κ1) is 18.9. The van der Waals surface area contributed by atoms with Crippen LogP contribution in [-0.4, -0.2) is 41.2 Å². The highest BCUT2D eigenvalue weighted by atomic mass is 16.6. The van der Waals surface area contributed by atoms with Gasteiger partial charge in [0, 0.05) is 6.92 Å². The second-order valence-corrected chi connectivity index (χ2v) is 6.50.